The third kappa shape index (κ3) is 10.3. The number of nitro groups is 1. The number of H-pyrrole nitrogens is 1. The number of pyridine rings is 1. The van der Waals surface area contributed by atoms with E-state index in [1.54, 1.807) is 30.6 Å². The number of nitro benzene ring substituents is 1. The molecular formula is C50H60N8O7S. The van der Waals surface area contributed by atoms with Crippen molar-refractivity contribution in [3.63, 3.8) is 0 Å². The number of amides is 1. The molecule has 4 aliphatic rings. The van der Waals surface area contributed by atoms with Crippen molar-refractivity contribution in [2.75, 3.05) is 70.8 Å². The zero-order chi connectivity index (χ0) is 46.0. The van der Waals surface area contributed by atoms with Gasteiger partial charge in [0.15, 0.2) is 0 Å². The number of nitrogens with one attached hydrogen (secondary N) is 3. The van der Waals surface area contributed by atoms with Crippen molar-refractivity contribution < 1.29 is 27.6 Å². The Morgan fingerprint density at radius 2 is 1.80 bits per heavy atom. The normalized spacial score (nSPS) is 19.5. The van der Waals surface area contributed by atoms with Crippen LogP contribution >= 0.6 is 0 Å². The number of likely N-dealkylation sites (N-methyl/N-ethyl adjacent to an activating group) is 2. The molecule has 3 aromatic carbocycles. The minimum absolute atomic E-state index is 0.0176. The molecule has 4 heterocycles. The first-order chi connectivity index (χ1) is 31.9. The van der Waals surface area contributed by atoms with E-state index in [9.17, 15) is 23.3 Å². The minimum atomic E-state index is -4.55. The minimum Gasteiger partial charge on any atom is -0.455 e. The Morgan fingerprint density at radius 3 is 2.56 bits per heavy atom. The number of rotatable bonds is 17. The molecule has 15 nitrogen and oxygen atoms in total. The summed E-state index contributed by atoms with van der Waals surface area (Å²) in [4.78, 5) is 40.0. The Hall–Kier alpha value is -5.81. The molecule has 9 rings (SSSR count). The molecule has 3 N–H and O–H groups in total. The highest BCUT2D eigenvalue weighted by atomic mass is 32.2. The summed E-state index contributed by atoms with van der Waals surface area (Å²) < 4.78 is 41.4. The molecule has 1 saturated carbocycles. The molecule has 2 atom stereocenters. The van der Waals surface area contributed by atoms with Crippen molar-refractivity contribution in [2.24, 2.45) is 5.92 Å². The Balaban J connectivity index is 0.946. The lowest BCUT2D eigenvalue weighted by Crippen LogP contribution is -2.36. The number of sulfonamides is 1. The topological polar surface area (TPSA) is 175 Å². The van der Waals surface area contributed by atoms with Gasteiger partial charge in [-0.05, 0) is 161 Å². The molecule has 0 spiro atoms. The van der Waals surface area contributed by atoms with Crippen molar-refractivity contribution in [1.29, 1.82) is 0 Å². The number of allylic oxidation sites excluding steroid dienone is 1. The highest BCUT2D eigenvalue weighted by molar-refractivity contribution is 7.90. The van der Waals surface area contributed by atoms with E-state index in [0.717, 1.165) is 80.7 Å². The average molecular weight is 917 g/mol. The number of carbonyl (C=O) groups excluding carboxylic acids is 1. The van der Waals surface area contributed by atoms with E-state index in [2.05, 4.69) is 80.1 Å². The molecule has 5 aromatic rings. The number of aromatic amines is 1. The molecule has 348 valence electrons. The fraction of sp³-hybridized carbons (Fsp3) is 0.440. The lowest BCUT2D eigenvalue weighted by Gasteiger charge is -2.36. The summed E-state index contributed by atoms with van der Waals surface area (Å²) in [5, 5.41) is 16.0. The molecule has 2 aliphatic carbocycles. The standard InChI is InChI=1S/C50H60N8O7S/c1-55(2)23-24-56(3)39-13-16-42(35-6-7-35)44(29-39)46-5-4-22-57(46)38-11-8-34(9-12-38)36-10-15-43(48(28-36)65-40-27-37-18-21-51-49(37)53-32-40)50(59)54-66(62,63)41-14-17-45(47(30-41)58(60)61)52-31-33-19-25-64-26-20-33/h8,10,13-18,21,27-30,32-33,35,38,46,52H,4-7,9,11-12,19-20,22-26,31H2,1-3H3,(H,51,53)(H,54,59). The molecule has 66 heavy (non-hydrogen) atoms. The van der Waals surface area contributed by atoms with Crippen molar-refractivity contribution in [1.82, 2.24) is 24.5 Å². The summed E-state index contributed by atoms with van der Waals surface area (Å²) in [6.45, 7) is 4.77. The van der Waals surface area contributed by atoms with Crippen LogP contribution in [0.15, 0.2) is 90.1 Å². The van der Waals surface area contributed by atoms with Crippen LogP contribution in [0.2, 0.25) is 0 Å². The number of ether oxygens (including phenoxy) is 2. The van der Waals surface area contributed by atoms with Crippen molar-refractivity contribution >= 4 is 49.6 Å². The zero-order valence-corrected chi connectivity index (χ0v) is 38.8. The van der Waals surface area contributed by atoms with Crippen LogP contribution in [0.5, 0.6) is 11.5 Å². The molecule has 0 bridgehead atoms. The Kier molecular flexibility index (Phi) is 13.4. The number of aromatic nitrogens is 2. The lowest BCUT2D eigenvalue weighted by molar-refractivity contribution is -0.384. The number of nitrogens with zero attached hydrogens (tertiary/aromatic N) is 5. The van der Waals surface area contributed by atoms with E-state index in [-0.39, 0.29) is 22.9 Å². The van der Waals surface area contributed by atoms with Crippen LogP contribution in [0.3, 0.4) is 0 Å². The molecule has 3 fully saturated rings. The number of fused-ring (bicyclic) bond motifs is 1. The van der Waals surface area contributed by atoms with E-state index in [4.69, 9.17) is 9.47 Å². The molecule has 0 radical (unpaired) electrons. The number of anilines is 2. The van der Waals surface area contributed by atoms with E-state index in [1.807, 2.05) is 12.1 Å². The first-order valence-electron chi connectivity index (χ1n) is 23.3. The van der Waals surface area contributed by atoms with Gasteiger partial charge in [0.25, 0.3) is 21.6 Å². The lowest BCUT2D eigenvalue weighted by atomic mass is 9.88. The van der Waals surface area contributed by atoms with Crippen molar-refractivity contribution in [3.8, 4) is 11.5 Å². The molecule has 2 unspecified atom stereocenters. The van der Waals surface area contributed by atoms with Crippen LogP contribution in [0.4, 0.5) is 17.1 Å². The summed E-state index contributed by atoms with van der Waals surface area (Å²) in [5.74, 6) is 0.519. The molecule has 16 heteroatoms. The van der Waals surface area contributed by atoms with Gasteiger partial charge in [0, 0.05) is 75.3 Å². The van der Waals surface area contributed by atoms with Crippen LogP contribution in [0.25, 0.3) is 16.6 Å². The van der Waals surface area contributed by atoms with Crippen molar-refractivity contribution in [2.45, 2.75) is 80.7 Å². The Morgan fingerprint density at radius 1 is 0.970 bits per heavy atom. The van der Waals surface area contributed by atoms with Crippen LogP contribution in [-0.2, 0) is 14.8 Å². The van der Waals surface area contributed by atoms with Gasteiger partial charge in [0.2, 0.25) is 0 Å². The molecule has 1 amide bonds. The second-order valence-corrected chi connectivity index (χ2v) is 20.3. The van der Waals surface area contributed by atoms with E-state index < -0.39 is 31.4 Å². The predicted molar refractivity (Wildman–Crippen MR) is 257 cm³/mol. The highest BCUT2D eigenvalue weighted by Crippen LogP contribution is 2.48. The van der Waals surface area contributed by atoms with Gasteiger partial charge in [-0.2, -0.15) is 0 Å². The van der Waals surface area contributed by atoms with E-state index >= 15 is 0 Å². The Bertz CT molecular complexity index is 2730. The molecule has 2 saturated heterocycles. The number of carbonyl (C=O) groups is 1. The van der Waals surface area contributed by atoms with Crippen LogP contribution in [0.1, 0.15) is 96.8 Å². The van der Waals surface area contributed by atoms with Gasteiger partial charge in [-0.15, -0.1) is 0 Å². The maximum atomic E-state index is 14.0. The fourth-order valence-corrected chi connectivity index (χ4v) is 10.8. The maximum absolute atomic E-state index is 14.0. The zero-order valence-electron chi connectivity index (χ0n) is 38.0. The summed E-state index contributed by atoms with van der Waals surface area (Å²) >= 11 is 0. The summed E-state index contributed by atoms with van der Waals surface area (Å²) in [6.07, 6.45) is 14.8. The number of hydrogen-bond acceptors (Lipinski definition) is 12. The predicted octanol–water partition coefficient (Wildman–Crippen LogP) is 8.87. The Labute approximate surface area is 386 Å². The van der Waals surface area contributed by atoms with Crippen molar-refractivity contribution in [3.05, 3.63) is 118 Å². The largest absolute Gasteiger partial charge is 0.455 e. The van der Waals surface area contributed by atoms with Gasteiger partial charge < -0.3 is 29.6 Å². The van der Waals surface area contributed by atoms with Crippen LogP contribution in [-0.4, -0.2) is 106 Å². The smallest absolute Gasteiger partial charge is 0.293 e. The van der Waals surface area contributed by atoms with E-state index in [0.29, 0.717) is 49.2 Å². The third-order valence-corrected chi connectivity index (χ3v) is 15.1. The van der Waals surface area contributed by atoms with E-state index in [1.165, 1.54) is 48.2 Å². The molecular weight excluding hydrogens is 857 g/mol. The number of likely N-dealkylation sites (tertiary alicyclic amines) is 1. The summed E-state index contributed by atoms with van der Waals surface area (Å²) in [5.41, 5.74) is 6.75. The van der Waals surface area contributed by atoms with Gasteiger partial charge in [0.05, 0.1) is 21.6 Å². The highest BCUT2D eigenvalue weighted by Gasteiger charge is 2.37. The maximum Gasteiger partial charge on any atom is 0.293 e. The second-order valence-electron chi connectivity index (χ2n) is 18.6. The molecule has 2 aromatic heterocycles. The van der Waals surface area contributed by atoms with Gasteiger partial charge in [-0.3, -0.25) is 19.8 Å². The average Bonchev–Trinajstić information content (AvgIpc) is 3.85. The summed E-state index contributed by atoms with van der Waals surface area (Å²) in [7, 11) is 1.87. The van der Waals surface area contributed by atoms with Crippen LogP contribution in [0, 0.1) is 16.0 Å². The van der Waals surface area contributed by atoms with Crippen LogP contribution < -0.4 is 19.7 Å². The van der Waals surface area contributed by atoms with Gasteiger partial charge in [0.1, 0.15) is 22.8 Å². The first kappa shape index (κ1) is 45.4. The fourth-order valence-electron chi connectivity index (χ4n) is 9.79. The molecule has 2 aliphatic heterocycles. The quantitative estimate of drug-likeness (QED) is 0.0598. The monoisotopic (exact) mass is 916 g/mol. The second kappa shape index (κ2) is 19.6. The number of hydrogen-bond donors (Lipinski definition) is 3. The first-order valence-corrected chi connectivity index (χ1v) is 24.8. The number of benzene rings is 3. The van der Waals surface area contributed by atoms with Gasteiger partial charge in [-0.1, -0.05) is 18.2 Å². The third-order valence-electron chi connectivity index (χ3n) is 13.7. The van der Waals surface area contributed by atoms with Gasteiger partial charge >= 0.3 is 0 Å². The summed E-state index contributed by atoms with van der Waals surface area (Å²) in [6, 6.07) is 20.4. The van der Waals surface area contributed by atoms with Gasteiger partial charge in [-0.25, -0.2) is 18.1 Å². The SMILES string of the molecule is CN(C)CCN(C)c1ccc(C2CC2)c(C2CCCN2C2CC=C(c3ccc(C(=O)NS(=O)(=O)c4ccc(NCC5CCOCC5)c([N+](=O)[O-])c4)c(Oc4cnc5[nH]ccc5c4)c3)CC2)c1.